The number of methoxy groups -OCH3 is 2. The zero-order valence-electron chi connectivity index (χ0n) is 16.6. The van der Waals surface area contributed by atoms with Gasteiger partial charge in [0, 0.05) is 10.8 Å². The summed E-state index contributed by atoms with van der Waals surface area (Å²) >= 11 is 7.73. The minimum atomic E-state index is 0.714. The molecule has 3 aromatic carbocycles. The molecule has 0 spiro atoms. The molecule has 7 heteroatoms. The number of ether oxygens (including phenoxy) is 2. The molecular weight excluding hydrogens is 418 g/mol. The molecule has 0 saturated carbocycles. The van der Waals surface area contributed by atoms with E-state index in [-0.39, 0.29) is 0 Å². The highest BCUT2D eigenvalue weighted by molar-refractivity contribution is 7.98. The minimum Gasteiger partial charge on any atom is -0.497 e. The molecule has 0 amide bonds. The third-order valence-electron chi connectivity index (χ3n) is 4.57. The van der Waals surface area contributed by atoms with E-state index in [1.54, 1.807) is 26.0 Å². The van der Waals surface area contributed by atoms with E-state index in [9.17, 15) is 0 Å². The molecule has 4 rings (SSSR count). The summed E-state index contributed by atoms with van der Waals surface area (Å²) in [7, 11) is 3.31. The molecule has 0 N–H and O–H groups in total. The SMILES string of the molecule is COc1ccc(-n2c(SCc3cccc(Cl)c3)nnc2-c2ccccc2OC)cc1. The molecule has 0 fully saturated rings. The van der Waals surface area contributed by atoms with Crippen LogP contribution in [-0.4, -0.2) is 29.0 Å². The largest absolute Gasteiger partial charge is 0.497 e. The van der Waals surface area contributed by atoms with Crippen LogP contribution in [-0.2, 0) is 5.75 Å². The van der Waals surface area contributed by atoms with Gasteiger partial charge in [0.2, 0.25) is 0 Å². The fourth-order valence-corrected chi connectivity index (χ4v) is 4.21. The van der Waals surface area contributed by atoms with Crippen LogP contribution in [0.1, 0.15) is 5.56 Å². The summed E-state index contributed by atoms with van der Waals surface area (Å²) in [6, 6.07) is 23.5. The summed E-state index contributed by atoms with van der Waals surface area (Å²) in [6.07, 6.45) is 0. The summed E-state index contributed by atoms with van der Waals surface area (Å²) in [5, 5.41) is 10.5. The topological polar surface area (TPSA) is 49.2 Å². The first kappa shape index (κ1) is 20.3. The third-order valence-corrected chi connectivity index (χ3v) is 5.80. The van der Waals surface area contributed by atoms with Crippen LogP contribution in [0, 0.1) is 0 Å². The number of hydrogen-bond donors (Lipinski definition) is 0. The first-order valence-electron chi connectivity index (χ1n) is 9.30. The summed E-state index contributed by atoms with van der Waals surface area (Å²) in [6.45, 7) is 0. The van der Waals surface area contributed by atoms with Crippen molar-refractivity contribution < 1.29 is 9.47 Å². The first-order valence-corrected chi connectivity index (χ1v) is 10.7. The predicted molar refractivity (Wildman–Crippen MR) is 121 cm³/mol. The lowest BCUT2D eigenvalue weighted by Gasteiger charge is -2.13. The Hall–Kier alpha value is -2.96. The Morgan fingerprint density at radius 2 is 1.70 bits per heavy atom. The van der Waals surface area contributed by atoms with E-state index >= 15 is 0 Å². The van der Waals surface area contributed by atoms with Crippen LogP contribution in [0.5, 0.6) is 11.5 Å². The Morgan fingerprint density at radius 3 is 2.43 bits per heavy atom. The van der Waals surface area contributed by atoms with Crippen molar-refractivity contribution in [2.75, 3.05) is 14.2 Å². The molecule has 0 aliphatic heterocycles. The molecule has 0 bridgehead atoms. The summed E-state index contributed by atoms with van der Waals surface area (Å²) in [5.41, 5.74) is 2.93. The maximum absolute atomic E-state index is 6.13. The second-order valence-electron chi connectivity index (χ2n) is 6.46. The highest BCUT2D eigenvalue weighted by atomic mass is 35.5. The maximum atomic E-state index is 6.13. The second kappa shape index (κ2) is 9.24. The summed E-state index contributed by atoms with van der Waals surface area (Å²) < 4.78 is 12.9. The molecule has 1 aromatic heterocycles. The molecule has 0 radical (unpaired) electrons. The zero-order chi connectivity index (χ0) is 20.9. The van der Waals surface area contributed by atoms with E-state index in [4.69, 9.17) is 21.1 Å². The quantitative estimate of drug-likeness (QED) is 0.337. The first-order chi connectivity index (χ1) is 14.7. The number of hydrogen-bond acceptors (Lipinski definition) is 5. The molecule has 0 unspecified atom stereocenters. The van der Waals surface area contributed by atoms with Gasteiger partial charge in [0.15, 0.2) is 11.0 Å². The highest BCUT2D eigenvalue weighted by Crippen LogP contribution is 2.34. The molecule has 0 aliphatic rings. The Balaban J connectivity index is 1.77. The van der Waals surface area contributed by atoms with Crippen molar-refractivity contribution in [1.82, 2.24) is 14.8 Å². The molecule has 152 valence electrons. The van der Waals surface area contributed by atoms with Gasteiger partial charge in [-0.1, -0.05) is 47.6 Å². The van der Waals surface area contributed by atoms with E-state index in [2.05, 4.69) is 10.2 Å². The number of rotatable bonds is 7. The van der Waals surface area contributed by atoms with Crippen molar-refractivity contribution in [3.05, 3.63) is 83.4 Å². The van der Waals surface area contributed by atoms with Crippen molar-refractivity contribution in [3.8, 4) is 28.6 Å². The molecule has 0 aliphatic carbocycles. The number of nitrogens with zero attached hydrogens (tertiary/aromatic N) is 3. The van der Waals surface area contributed by atoms with Crippen LogP contribution in [0.2, 0.25) is 5.02 Å². The van der Waals surface area contributed by atoms with Gasteiger partial charge >= 0.3 is 0 Å². The molecule has 1 heterocycles. The molecule has 4 aromatic rings. The molecule has 0 saturated heterocycles. The molecule has 0 atom stereocenters. The maximum Gasteiger partial charge on any atom is 0.196 e. The third kappa shape index (κ3) is 4.30. The van der Waals surface area contributed by atoms with Crippen LogP contribution in [0.3, 0.4) is 0 Å². The Labute approximate surface area is 184 Å². The van der Waals surface area contributed by atoms with Gasteiger partial charge in [-0.25, -0.2) is 0 Å². The van der Waals surface area contributed by atoms with Gasteiger partial charge in [0.1, 0.15) is 11.5 Å². The van der Waals surface area contributed by atoms with Crippen LogP contribution < -0.4 is 9.47 Å². The lowest BCUT2D eigenvalue weighted by atomic mass is 10.2. The van der Waals surface area contributed by atoms with Gasteiger partial charge in [0.25, 0.3) is 0 Å². The Morgan fingerprint density at radius 1 is 0.900 bits per heavy atom. The van der Waals surface area contributed by atoms with Crippen LogP contribution in [0.15, 0.2) is 78.0 Å². The average Bonchev–Trinajstić information content (AvgIpc) is 3.21. The summed E-state index contributed by atoms with van der Waals surface area (Å²) in [4.78, 5) is 0. The van der Waals surface area contributed by atoms with Gasteiger partial charge in [-0.15, -0.1) is 10.2 Å². The Bertz CT molecular complexity index is 1150. The van der Waals surface area contributed by atoms with Gasteiger partial charge in [0.05, 0.1) is 25.5 Å². The number of halogens is 1. The average molecular weight is 438 g/mol. The predicted octanol–water partition coefficient (Wildman–Crippen LogP) is 5.90. The monoisotopic (exact) mass is 437 g/mol. The van der Waals surface area contributed by atoms with Crippen molar-refractivity contribution in [2.45, 2.75) is 10.9 Å². The fourth-order valence-electron chi connectivity index (χ4n) is 3.11. The van der Waals surface area contributed by atoms with E-state index in [1.165, 1.54) is 0 Å². The normalized spacial score (nSPS) is 10.8. The van der Waals surface area contributed by atoms with Gasteiger partial charge in [-0.2, -0.15) is 0 Å². The van der Waals surface area contributed by atoms with Crippen LogP contribution >= 0.6 is 23.4 Å². The standard InChI is InChI=1S/C23H20ClN3O2S/c1-28-19-12-10-18(11-13-19)27-22(20-8-3-4-9-21(20)29-2)25-26-23(27)30-15-16-6-5-7-17(24)14-16/h3-14H,15H2,1-2H3. The molecule has 30 heavy (non-hydrogen) atoms. The number of aromatic nitrogens is 3. The minimum absolute atomic E-state index is 0.714. The van der Waals surface area contributed by atoms with E-state index < -0.39 is 0 Å². The van der Waals surface area contributed by atoms with E-state index in [0.29, 0.717) is 5.82 Å². The molecular formula is C23H20ClN3O2S. The Kier molecular flexibility index (Phi) is 6.26. The lowest BCUT2D eigenvalue weighted by Crippen LogP contribution is -2.01. The van der Waals surface area contributed by atoms with Gasteiger partial charge in [-0.05, 0) is 54.1 Å². The fraction of sp³-hybridized carbons (Fsp3) is 0.130. The lowest BCUT2D eigenvalue weighted by molar-refractivity contribution is 0.414. The van der Waals surface area contributed by atoms with Gasteiger partial charge < -0.3 is 9.47 Å². The van der Waals surface area contributed by atoms with Crippen LogP contribution in [0.25, 0.3) is 17.1 Å². The smallest absolute Gasteiger partial charge is 0.196 e. The van der Waals surface area contributed by atoms with Crippen molar-refractivity contribution in [2.24, 2.45) is 0 Å². The second-order valence-corrected chi connectivity index (χ2v) is 7.84. The highest BCUT2D eigenvalue weighted by Gasteiger charge is 2.19. The number of thioether (sulfide) groups is 1. The zero-order valence-corrected chi connectivity index (χ0v) is 18.2. The number of benzene rings is 3. The molecule has 5 nitrogen and oxygen atoms in total. The van der Waals surface area contributed by atoms with Crippen LogP contribution in [0.4, 0.5) is 0 Å². The summed E-state index contributed by atoms with van der Waals surface area (Å²) in [5.74, 6) is 2.97. The van der Waals surface area contributed by atoms with E-state index in [1.807, 2.05) is 77.4 Å². The van der Waals surface area contributed by atoms with Crippen molar-refractivity contribution >= 4 is 23.4 Å². The van der Waals surface area contributed by atoms with E-state index in [0.717, 1.165) is 44.2 Å². The van der Waals surface area contributed by atoms with Gasteiger partial charge in [-0.3, -0.25) is 4.57 Å². The van der Waals surface area contributed by atoms with Crippen molar-refractivity contribution in [1.29, 1.82) is 0 Å². The van der Waals surface area contributed by atoms with Crippen molar-refractivity contribution in [3.63, 3.8) is 0 Å². The number of para-hydroxylation sites is 1.